The molecule has 2 aromatic carbocycles. The molecule has 1 aromatic heterocycles. The number of aliphatic hydroxyl groups excluding tert-OH is 1. The van der Waals surface area contributed by atoms with Gasteiger partial charge < -0.3 is 14.9 Å². The number of carbonyl (C=O) groups excluding carboxylic acids is 1. The fraction of sp³-hybridized carbons (Fsp3) is 0.111. The minimum atomic E-state index is -1.53. The summed E-state index contributed by atoms with van der Waals surface area (Å²) in [7, 11) is 0. The van der Waals surface area contributed by atoms with Gasteiger partial charge in [0.2, 0.25) is 5.76 Å². The van der Waals surface area contributed by atoms with Gasteiger partial charge in [-0.3, -0.25) is 4.79 Å². The van der Waals surface area contributed by atoms with Gasteiger partial charge in [-0.05, 0) is 12.1 Å². The Hall–Kier alpha value is -3.06. The largest absolute Gasteiger partial charge is 0.386 e. The highest BCUT2D eigenvalue weighted by atomic mass is 19.1. The Morgan fingerprint density at radius 2 is 1.80 bits per heavy atom. The minimum Gasteiger partial charge on any atom is -0.386 e. The molecule has 3 aromatic rings. The van der Waals surface area contributed by atoms with E-state index in [2.05, 4.69) is 10.5 Å². The second-order valence-electron chi connectivity index (χ2n) is 5.30. The molecule has 2 N–H and O–H groups in total. The van der Waals surface area contributed by atoms with Gasteiger partial charge in [0.1, 0.15) is 23.4 Å². The van der Waals surface area contributed by atoms with Crippen molar-refractivity contribution in [3.05, 3.63) is 77.6 Å². The molecule has 0 saturated carbocycles. The van der Waals surface area contributed by atoms with Crippen molar-refractivity contribution in [3.63, 3.8) is 0 Å². The Morgan fingerprint density at radius 1 is 1.12 bits per heavy atom. The summed E-state index contributed by atoms with van der Waals surface area (Å²) in [5.74, 6) is -2.48. The monoisotopic (exact) mass is 344 g/mol. The topological polar surface area (TPSA) is 75.4 Å². The number of hydrogen-bond acceptors (Lipinski definition) is 4. The Balaban J connectivity index is 1.66. The molecule has 25 heavy (non-hydrogen) atoms. The van der Waals surface area contributed by atoms with Crippen molar-refractivity contribution in [2.45, 2.75) is 6.10 Å². The zero-order chi connectivity index (χ0) is 17.8. The standard InChI is InChI=1S/C18H14F2N2O3/c19-12-7-4-8-13(20)17(12)15(23)10-21-18(24)16-9-14(22-25-16)11-5-2-1-3-6-11/h1-9,15,23H,10H2,(H,21,24). The molecular formula is C18H14F2N2O3. The van der Waals surface area contributed by atoms with E-state index in [1.54, 1.807) is 0 Å². The zero-order valence-electron chi connectivity index (χ0n) is 12.9. The van der Waals surface area contributed by atoms with Crippen LogP contribution in [0.25, 0.3) is 11.3 Å². The Morgan fingerprint density at radius 3 is 2.48 bits per heavy atom. The molecule has 0 fully saturated rings. The fourth-order valence-electron chi connectivity index (χ4n) is 2.33. The molecule has 0 spiro atoms. The normalized spacial score (nSPS) is 12.0. The highest BCUT2D eigenvalue weighted by molar-refractivity contribution is 5.92. The zero-order valence-corrected chi connectivity index (χ0v) is 12.9. The minimum absolute atomic E-state index is 0.0694. The van der Waals surface area contributed by atoms with Gasteiger partial charge in [-0.1, -0.05) is 41.6 Å². The fourth-order valence-corrected chi connectivity index (χ4v) is 2.33. The maximum Gasteiger partial charge on any atom is 0.290 e. The van der Waals surface area contributed by atoms with Crippen molar-refractivity contribution < 1.29 is 23.2 Å². The van der Waals surface area contributed by atoms with Crippen LogP contribution in [0.5, 0.6) is 0 Å². The smallest absolute Gasteiger partial charge is 0.290 e. The van der Waals surface area contributed by atoms with Crippen molar-refractivity contribution in [1.29, 1.82) is 0 Å². The van der Waals surface area contributed by atoms with Crippen LogP contribution in [0.2, 0.25) is 0 Å². The third-order valence-electron chi connectivity index (χ3n) is 3.59. The maximum absolute atomic E-state index is 13.6. The summed E-state index contributed by atoms with van der Waals surface area (Å²) in [4.78, 5) is 12.1. The summed E-state index contributed by atoms with van der Waals surface area (Å²) in [6, 6.07) is 13.8. The number of amides is 1. The van der Waals surface area contributed by atoms with Crippen LogP contribution in [0.15, 0.2) is 59.1 Å². The molecule has 7 heteroatoms. The van der Waals surface area contributed by atoms with Crippen LogP contribution in [-0.4, -0.2) is 22.7 Å². The third-order valence-corrected chi connectivity index (χ3v) is 3.59. The van der Waals surface area contributed by atoms with Crippen molar-refractivity contribution in [2.75, 3.05) is 6.54 Å². The van der Waals surface area contributed by atoms with E-state index in [1.807, 2.05) is 30.3 Å². The van der Waals surface area contributed by atoms with Crippen molar-refractivity contribution >= 4 is 5.91 Å². The van der Waals surface area contributed by atoms with Crippen molar-refractivity contribution in [2.24, 2.45) is 0 Å². The first-order chi connectivity index (χ1) is 12.1. The van der Waals surface area contributed by atoms with E-state index in [1.165, 1.54) is 12.1 Å². The highest BCUT2D eigenvalue weighted by Gasteiger charge is 2.20. The first-order valence-corrected chi connectivity index (χ1v) is 7.48. The summed E-state index contributed by atoms with van der Waals surface area (Å²) in [6.45, 7) is -0.377. The molecule has 0 aliphatic rings. The number of hydrogen-bond donors (Lipinski definition) is 2. The van der Waals surface area contributed by atoms with Crippen LogP contribution < -0.4 is 5.32 Å². The molecule has 3 rings (SSSR count). The number of nitrogens with one attached hydrogen (secondary N) is 1. The Labute approximate surface area is 141 Å². The van der Waals surface area contributed by atoms with E-state index in [-0.39, 0.29) is 12.3 Å². The lowest BCUT2D eigenvalue weighted by Gasteiger charge is -2.13. The number of benzene rings is 2. The van der Waals surface area contributed by atoms with Gasteiger partial charge in [-0.15, -0.1) is 0 Å². The molecule has 1 heterocycles. The van der Waals surface area contributed by atoms with Crippen LogP contribution in [0.1, 0.15) is 22.2 Å². The number of carbonyl (C=O) groups is 1. The van der Waals surface area contributed by atoms with E-state index >= 15 is 0 Å². The molecule has 1 amide bonds. The second-order valence-corrected chi connectivity index (χ2v) is 5.30. The van der Waals surface area contributed by atoms with Crippen LogP contribution in [0.3, 0.4) is 0 Å². The number of halogens is 2. The van der Waals surface area contributed by atoms with E-state index in [0.29, 0.717) is 5.69 Å². The Bertz CT molecular complexity index is 861. The molecule has 0 aliphatic heterocycles. The molecule has 1 unspecified atom stereocenters. The molecule has 0 radical (unpaired) electrons. The summed E-state index contributed by atoms with van der Waals surface area (Å²) in [5.41, 5.74) is 0.760. The van der Waals surface area contributed by atoms with Crippen molar-refractivity contribution in [3.8, 4) is 11.3 Å². The molecule has 5 nitrogen and oxygen atoms in total. The molecule has 0 bridgehead atoms. The van der Waals surface area contributed by atoms with Gasteiger partial charge >= 0.3 is 0 Å². The predicted octanol–water partition coefficient (Wildman–Crippen LogP) is 3.08. The average Bonchev–Trinajstić information content (AvgIpc) is 3.10. The Kier molecular flexibility index (Phi) is 4.85. The summed E-state index contributed by atoms with van der Waals surface area (Å²) < 4.78 is 32.2. The molecular weight excluding hydrogens is 330 g/mol. The van der Waals surface area contributed by atoms with Gasteiger partial charge in [0, 0.05) is 18.2 Å². The van der Waals surface area contributed by atoms with Gasteiger partial charge in [0.15, 0.2) is 0 Å². The van der Waals surface area contributed by atoms with E-state index in [9.17, 15) is 18.7 Å². The predicted molar refractivity (Wildman–Crippen MR) is 85.6 cm³/mol. The van der Waals surface area contributed by atoms with E-state index < -0.39 is 29.2 Å². The summed E-state index contributed by atoms with van der Waals surface area (Å²) in [5, 5.41) is 16.1. The maximum atomic E-state index is 13.6. The number of aliphatic hydroxyl groups is 1. The summed E-state index contributed by atoms with van der Waals surface area (Å²) >= 11 is 0. The number of aromatic nitrogens is 1. The van der Waals surface area contributed by atoms with Crippen LogP contribution in [0.4, 0.5) is 8.78 Å². The van der Waals surface area contributed by atoms with Crippen LogP contribution in [0, 0.1) is 11.6 Å². The van der Waals surface area contributed by atoms with Crippen LogP contribution >= 0.6 is 0 Å². The third kappa shape index (κ3) is 3.72. The highest BCUT2D eigenvalue weighted by Crippen LogP contribution is 2.21. The molecule has 128 valence electrons. The lowest BCUT2D eigenvalue weighted by Crippen LogP contribution is -2.28. The SMILES string of the molecule is O=C(NCC(O)c1c(F)cccc1F)c1cc(-c2ccccc2)no1. The lowest BCUT2D eigenvalue weighted by molar-refractivity contribution is 0.0875. The number of nitrogens with zero attached hydrogens (tertiary/aromatic N) is 1. The van der Waals surface area contributed by atoms with Crippen molar-refractivity contribution in [1.82, 2.24) is 10.5 Å². The van der Waals surface area contributed by atoms with Gasteiger partial charge in [0.25, 0.3) is 5.91 Å². The average molecular weight is 344 g/mol. The second kappa shape index (κ2) is 7.23. The van der Waals surface area contributed by atoms with E-state index in [0.717, 1.165) is 17.7 Å². The van der Waals surface area contributed by atoms with Gasteiger partial charge in [-0.25, -0.2) is 8.78 Å². The lowest BCUT2D eigenvalue weighted by atomic mass is 10.1. The molecule has 1 atom stereocenters. The molecule has 0 saturated heterocycles. The van der Waals surface area contributed by atoms with E-state index in [4.69, 9.17) is 4.52 Å². The first kappa shape index (κ1) is 16.8. The first-order valence-electron chi connectivity index (χ1n) is 7.48. The van der Waals surface area contributed by atoms with Crippen LogP contribution in [-0.2, 0) is 0 Å². The summed E-state index contributed by atoms with van der Waals surface area (Å²) in [6.07, 6.45) is -1.53. The van der Waals surface area contributed by atoms with Gasteiger partial charge in [-0.2, -0.15) is 0 Å². The quantitative estimate of drug-likeness (QED) is 0.746. The number of rotatable bonds is 5. The molecule has 0 aliphatic carbocycles. The van der Waals surface area contributed by atoms with Gasteiger partial charge in [0.05, 0.1) is 5.56 Å².